The maximum Gasteiger partial charge on any atom is 0.0998 e. The second kappa shape index (κ2) is 5.64. The smallest absolute Gasteiger partial charge is 0.0998 e. The van der Waals surface area contributed by atoms with Crippen molar-refractivity contribution >= 4 is 16.5 Å². The Balaban J connectivity index is 2.03. The third-order valence-electron chi connectivity index (χ3n) is 3.56. The summed E-state index contributed by atoms with van der Waals surface area (Å²) in [6.45, 7) is 0.733. The van der Waals surface area contributed by atoms with E-state index in [0.717, 1.165) is 28.7 Å². The largest absolute Gasteiger partial charge is 0.368 e. The lowest BCUT2D eigenvalue weighted by atomic mass is 10.0. The number of rotatable bonds is 3. The van der Waals surface area contributed by atoms with Gasteiger partial charge in [0.2, 0.25) is 0 Å². The van der Waals surface area contributed by atoms with Gasteiger partial charge in [-0.15, -0.1) is 0 Å². The van der Waals surface area contributed by atoms with Crippen LogP contribution in [0.2, 0.25) is 0 Å². The van der Waals surface area contributed by atoms with Crippen molar-refractivity contribution in [1.29, 1.82) is 5.26 Å². The SMILES string of the molecule is CN(Cc1ccccn1)c1ccc(C#N)c2ccccc12. The minimum Gasteiger partial charge on any atom is -0.368 e. The molecule has 21 heavy (non-hydrogen) atoms. The molecule has 0 unspecified atom stereocenters. The molecule has 0 saturated carbocycles. The quantitative estimate of drug-likeness (QED) is 0.729. The van der Waals surface area contributed by atoms with E-state index in [2.05, 4.69) is 22.0 Å². The molecule has 0 aliphatic rings. The summed E-state index contributed by atoms with van der Waals surface area (Å²) in [6, 6.07) is 20.1. The molecule has 3 aromatic rings. The van der Waals surface area contributed by atoms with Gasteiger partial charge in [-0.1, -0.05) is 30.3 Å². The van der Waals surface area contributed by atoms with Crippen molar-refractivity contribution in [3.8, 4) is 6.07 Å². The summed E-state index contributed by atoms with van der Waals surface area (Å²) in [7, 11) is 2.04. The van der Waals surface area contributed by atoms with E-state index in [0.29, 0.717) is 5.56 Å². The van der Waals surface area contributed by atoms with E-state index in [-0.39, 0.29) is 0 Å². The molecule has 1 heterocycles. The number of benzene rings is 2. The van der Waals surface area contributed by atoms with Crippen LogP contribution in [0.5, 0.6) is 0 Å². The zero-order valence-corrected chi connectivity index (χ0v) is 11.8. The summed E-state index contributed by atoms with van der Waals surface area (Å²) < 4.78 is 0. The van der Waals surface area contributed by atoms with E-state index in [9.17, 15) is 5.26 Å². The van der Waals surface area contributed by atoms with Crippen LogP contribution in [-0.4, -0.2) is 12.0 Å². The van der Waals surface area contributed by atoms with Gasteiger partial charge in [-0.05, 0) is 24.3 Å². The summed E-state index contributed by atoms with van der Waals surface area (Å²) in [4.78, 5) is 6.52. The molecule has 0 amide bonds. The van der Waals surface area contributed by atoms with Crippen molar-refractivity contribution in [2.45, 2.75) is 6.54 Å². The Morgan fingerprint density at radius 2 is 1.76 bits per heavy atom. The van der Waals surface area contributed by atoms with Crippen molar-refractivity contribution in [1.82, 2.24) is 4.98 Å². The third-order valence-corrected chi connectivity index (χ3v) is 3.56. The Kier molecular flexibility index (Phi) is 3.53. The first-order valence-corrected chi connectivity index (χ1v) is 6.82. The summed E-state index contributed by atoms with van der Waals surface area (Å²) in [5.74, 6) is 0. The zero-order valence-electron chi connectivity index (χ0n) is 11.8. The van der Waals surface area contributed by atoms with Gasteiger partial charge in [-0.3, -0.25) is 4.98 Å². The molecule has 102 valence electrons. The van der Waals surface area contributed by atoms with Crippen LogP contribution in [0.15, 0.2) is 60.8 Å². The molecular weight excluding hydrogens is 258 g/mol. The van der Waals surface area contributed by atoms with Crippen molar-refractivity contribution in [2.75, 3.05) is 11.9 Å². The van der Waals surface area contributed by atoms with Crippen LogP contribution < -0.4 is 4.90 Å². The average molecular weight is 273 g/mol. The fourth-order valence-corrected chi connectivity index (χ4v) is 2.53. The van der Waals surface area contributed by atoms with E-state index < -0.39 is 0 Å². The Morgan fingerprint density at radius 3 is 2.48 bits per heavy atom. The van der Waals surface area contributed by atoms with Crippen molar-refractivity contribution in [2.24, 2.45) is 0 Å². The van der Waals surface area contributed by atoms with Gasteiger partial charge in [0.25, 0.3) is 0 Å². The molecule has 0 radical (unpaired) electrons. The highest BCUT2D eigenvalue weighted by atomic mass is 15.1. The van der Waals surface area contributed by atoms with Crippen molar-refractivity contribution in [3.05, 3.63) is 72.1 Å². The van der Waals surface area contributed by atoms with E-state index in [1.165, 1.54) is 0 Å². The van der Waals surface area contributed by atoms with E-state index in [4.69, 9.17) is 0 Å². The molecule has 3 rings (SSSR count). The predicted molar refractivity (Wildman–Crippen MR) is 85.0 cm³/mol. The van der Waals surface area contributed by atoms with Gasteiger partial charge in [-0.25, -0.2) is 0 Å². The lowest BCUT2D eigenvalue weighted by molar-refractivity contribution is 0.889. The minimum absolute atomic E-state index is 0.709. The zero-order chi connectivity index (χ0) is 14.7. The first-order chi connectivity index (χ1) is 10.3. The molecule has 0 aliphatic carbocycles. The summed E-state index contributed by atoms with van der Waals surface area (Å²) >= 11 is 0. The van der Waals surface area contributed by atoms with Crippen LogP contribution >= 0.6 is 0 Å². The average Bonchev–Trinajstić information content (AvgIpc) is 2.54. The van der Waals surface area contributed by atoms with Gasteiger partial charge in [0.05, 0.1) is 23.9 Å². The topological polar surface area (TPSA) is 39.9 Å². The second-order valence-corrected chi connectivity index (χ2v) is 4.97. The Hall–Kier alpha value is -2.86. The van der Waals surface area contributed by atoms with E-state index in [1.54, 1.807) is 6.20 Å². The molecule has 0 aliphatic heterocycles. The summed E-state index contributed by atoms with van der Waals surface area (Å²) in [6.07, 6.45) is 1.81. The number of pyridine rings is 1. The normalized spacial score (nSPS) is 10.3. The monoisotopic (exact) mass is 273 g/mol. The second-order valence-electron chi connectivity index (χ2n) is 4.97. The number of aromatic nitrogens is 1. The molecule has 3 nitrogen and oxygen atoms in total. The summed E-state index contributed by atoms with van der Waals surface area (Å²) in [5, 5.41) is 11.3. The maximum atomic E-state index is 9.23. The van der Waals surface area contributed by atoms with E-state index in [1.807, 2.05) is 55.6 Å². The molecular formula is C18H15N3. The highest BCUT2D eigenvalue weighted by Crippen LogP contribution is 2.29. The molecule has 0 spiro atoms. The fourth-order valence-electron chi connectivity index (χ4n) is 2.53. The number of anilines is 1. The number of nitriles is 1. The Morgan fingerprint density at radius 1 is 1.00 bits per heavy atom. The van der Waals surface area contributed by atoms with Crippen LogP contribution in [0.25, 0.3) is 10.8 Å². The Labute approximate surface area is 124 Å². The Bertz CT molecular complexity index is 804. The maximum absolute atomic E-state index is 9.23. The van der Waals surface area contributed by atoms with Gasteiger partial charge in [0.1, 0.15) is 0 Å². The van der Waals surface area contributed by atoms with Gasteiger partial charge < -0.3 is 4.90 Å². The minimum atomic E-state index is 0.709. The molecule has 2 aromatic carbocycles. The first kappa shape index (κ1) is 13.1. The third kappa shape index (κ3) is 2.56. The van der Waals surface area contributed by atoms with Crippen molar-refractivity contribution < 1.29 is 0 Å². The van der Waals surface area contributed by atoms with Gasteiger partial charge in [0.15, 0.2) is 0 Å². The molecule has 1 aromatic heterocycles. The predicted octanol–water partition coefficient (Wildman–Crippen LogP) is 3.74. The van der Waals surface area contributed by atoms with Crippen LogP contribution in [0.3, 0.4) is 0 Å². The van der Waals surface area contributed by atoms with Gasteiger partial charge in [0, 0.05) is 29.7 Å². The number of hydrogen-bond acceptors (Lipinski definition) is 3. The number of nitrogens with zero attached hydrogens (tertiary/aromatic N) is 3. The van der Waals surface area contributed by atoms with Gasteiger partial charge in [-0.2, -0.15) is 5.26 Å². The van der Waals surface area contributed by atoms with Crippen molar-refractivity contribution in [3.63, 3.8) is 0 Å². The van der Waals surface area contributed by atoms with E-state index >= 15 is 0 Å². The number of fused-ring (bicyclic) bond motifs is 1. The molecule has 0 saturated heterocycles. The lowest BCUT2D eigenvalue weighted by Crippen LogP contribution is -2.17. The molecule has 0 bridgehead atoms. The van der Waals surface area contributed by atoms with Crippen LogP contribution in [0.1, 0.15) is 11.3 Å². The fraction of sp³-hybridized carbons (Fsp3) is 0.111. The molecule has 3 heteroatoms. The standard InChI is InChI=1S/C18H15N3/c1-21(13-15-6-4-5-11-20-15)18-10-9-14(12-19)16-7-2-3-8-17(16)18/h2-11H,13H2,1H3. The number of hydrogen-bond donors (Lipinski definition) is 0. The lowest BCUT2D eigenvalue weighted by Gasteiger charge is -2.21. The molecule has 0 N–H and O–H groups in total. The van der Waals surface area contributed by atoms with Crippen LogP contribution in [0, 0.1) is 11.3 Å². The van der Waals surface area contributed by atoms with Crippen LogP contribution in [0.4, 0.5) is 5.69 Å². The molecule has 0 fully saturated rings. The first-order valence-electron chi connectivity index (χ1n) is 6.82. The molecule has 0 atom stereocenters. The highest BCUT2D eigenvalue weighted by molar-refractivity contribution is 5.97. The van der Waals surface area contributed by atoms with Gasteiger partial charge >= 0.3 is 0 Å². The highest BCUT2D eigenvalue weighted by Gasteiger charge is 2.09. The van der Waals surface area contributed by atoms with Crippen LogP contribution in [-0.2, 0) is 6.54 Å². The summed E-state index contributed by atoms with van der Waals surface area (Å²) in [5.41, 5.74) is 2.84.